The molecule has 0 atom stereocenters. The van der Waals surface area contributed by atoms with Gasteiger partial charge in [0.05, 0.1) is 11.3 Å². The first kappa shape index (κ1) is 18.4. The maximum Gasteiger partial charge on any atom is 0.416 e. The lowest BCUT2D eigenvalue weighted by Gasteiger charge is -2.12. The predicted molar refractivity (Wildman–Crippen MR) is 86.6 cm³/mol. The van der Waals surface area contributed by atoms with Crippen molar-refractivity contribution in [1.29, 1.82) is 0 Å². The Labute approximate surface area is 142 Å². The number of rotatable bonds is 4. The van der Waals surface area contributed by atoms with Gasteiger partial charge in [-0.15, -0.1) is 0 Å². The van der Waals surface area contributed by atoms with Crippen molar-refractivity contribution in [2.24, 2.45) is 0 Å². The summed E-state index contributed by atoms with van der Waals surface area (Å²) < 4.78 is 39.6. The fraction of sp³-hybridized carbons (Fsp3) is 0.235. The van der Waals surface area contributed by atoms with Gasteiger partial charge in [-0.05, 0) is 25.1 Å². The van der Waals surface area contributed by atoms with Crippen LogP contribution in [-0.2, 0) is 6.18 Å². The minimum absolute atomic E-state index is 0.0946. The molecule has 132 valence electrons. The van der Waals surface area contributed by atoms with Crippen molar-refractivity contribution >= 4 is 5.78 Å². The van der Waals surface area contributed by atoms with Crippen LogP contribution in [0, 0.1) is 0 Å². The van der Waals surface area contributed by atoms with Gasteiger partial charge in [0.15, 0.2) is 5.69 Å². The number of halogens is 3. The number of hydrogen-bond acceptors (Lipinski definition) is 4. The number of allylic oxidation sites excluding steroid dienone is 2. The highest BCUT2D eigenvalue weighted by molar-refractivity contribution is 6.03. The Bertz CT molecular complexity index is 883. The number of benzene rings is 1. The molecule has 0 fully saturated rings. The lowest BCUT2D eigenvalue weighted by Crippen LogP contribution is -2.21. The van der Waals surface area contributed by atoms with E-state index in [0.29, 0.717) is 5.70 Å². The molecule has 1 aromatic carbocycles. The molecule has 0 amide bonds. The number of alkyl halides is 3. The van der Waals surface area contributed by atoms with Crippen molar-refractivity contribution in [1.82, 2.24) is 14.7 Å². The minimum atomic E-state index is -4.50. The third-order valence-electron chi connectivity index (χ3n) is 3.53. The smallest absolute Gasteiger partial charge is 0.381 e. The molecule has 0 spiro atoms. The maximum absolute atomic E-state index is 12.8. The second-order valence-electron chi connectivity index (χ2n) is 5.57. The average molecular weight is 351 g/mol. The van der Waals surface area contributed by atoms with Crippen molar-refractivity contribution in [3.05, 3.63) is 69.8 Å². The van der Waals surface area contributed by atoms with Crippen molar-refractivity contribution in [2.75, 3.05) is 14.1 Å². The van der Waals surface area contributed by atoms with Crippen molar-refractivity contribution < 1.29 is 18.0 Å². The molecule has 1 heterocycles. The summed E-state index contributed by atoms with van der Waals surface area (Å²) in [5.74, 6) is -0.613. The zero-order valence-corrected chi connectivity index (χ0v) is 13.8. The highest BCUT2D eigenvalue weighted by Gasteiger charge is 2.30. The monoisotopic (exact) mass is 351 g/mol. The van der Waals surface area contributed by atoms with Gasteiger partial charge in [0.1, 0.15) is 0 Å². The molecule has 0 radical (unpaired) electrons. The van der Waals surface area contributed by atoms with Gasteiger partial charge in [0.2, 0.25) is 11.2 Å². The molecule has 0 unspecified atom stereocenters. The zero-order valence-electron chi connectivity index (χ0n) is 13.8. The molecule has 8 heteroatoms. The molecule has 0 bridgehead atoms. The zero-order chi connectivity index (χ0) is 18.8. The van der Waals surface area contributed by atoms with E-state index in [1.54, 1.807) is 25.9 Å². The van der Waals surface area contributed by atoms with Crippen molar-refractivity contribution in [3.8, 4) is 5.69 Å². The second kappa shape index (κ2) is 6.92. The van der Waals surface area contributed by atoms with E-state index in [0.717, 1.165) is 22.9 Å². The third kappa shape index (κ3) is 4.34. The molecule has 0 aliphatic rings. The Hall–Kier alpha value is -2.90. The number of nitrogens with zero attached hydrogens (tertiary/aromatic N) is 3. The van der Waals surface area contributed by atoms with E-state index in [2.05, 4.69) is 5.10 Å². The molecular formula is C17H16F3N3O2. The van der Waals surface area contributed by atoms with E-state index < -0.39 is 23.0 Å². The van der Waals surface area contributed by atoms with Crippen molar-refractivity contribution in [2.45, 2.75) is 13.1 Å². The van der Waals surface area contributed by atoms with Gasteiger partial charge in [-0.2, -0.15) is 18.3 Å². The molecule has 1 aromatic heterocycles. The van der Waals surface area contributed by atoms with Crippen LogP contribution in [0.5, 0.6) is 0 Å². The van der Waals surface area contributed by atoms with E-state index in [9.17, 15) is 22.8 Å². The molecule has 0 aliphatic heterocycles. The molecule has 0 saturated carbocycles. The SMILES string of the molecule is C/C(=C\C(=O)c1nn(-c2cccc(C(F)(F)F)c2)ccc1=O)N(C)C. The summed E-state index contributed by atoms with van der Waals surface area (Å²) in [6, 6.07) is 5.56. The van der Waals surface area contributed by atoms with Gasteiger partial charge < -0.3 is 4.90 Å². The molecule has 0 aliphatic carbocycles. The topological polar surface area (TPSA) is 55.2 Å². The first-order valence-electron chi connectivity index (χ1n) is 7.27. The van der Waals surface area contributed by atoms with E-state index in [1.807, 2.05) is 0 Å². The summed E-state index contributed by atoms with van der Waals surface area (Å²) in [4.78, 5) is 25.8. The van der Waals surface area contributed by atoms with Gasteiger partial charge in [-0.25, -0.2) is 4.68 Å². The van der Waals surface area contributed by atoms with Crippen LogP contribution in [-0.4, -0.2) is 34.6 Å². The summed E-state index contributed by atoms with van der Waals surface area (Å²) in [7, 11) is 3.47. The number of hydrogen-bond donors (Lipinski definition) is 0. The Balaban J connectivity index is 2.48. The van der Waals surface area contributed by atoms with Gasteiger partial charge >= 0.3 is 6.18 Å². The van der Waals surface area contributed by atoms with E-state index in [1.165, 1.54) is 24.4 Å². The van der Waals surface area contributed by atoms with Crippen LogP contribution in [0.2, 0.25) is 0 Å². The van der Waals surface area contributed by atoms with Gasteiger partial charge in [0, 0.05) is 38.1 Å². The van der Waals surface area contributed by atoms with Crippen LogP contribution in [0.4, 0.5) is 13.2 Å². The summed E-state index contributed by atoms with van der Waals surface area (Å²) in [5.41, 5.74) is -1.10. The summed E-state index contributed by atoms with van der Waals surface area (Å²) >= 11 is 0. The predicted octanol–water partition coefficient (Wildman–Crippen LogP) is 2.90. The summed E-state index contributed by atoms with van der Waals surface area (Å²) in [6.07, 6.45) is -2.03. The van der Waals surface area contributed by atoms with E-state index in [4.69, 9.17) is 0 Å². The summed E-state index contributed by atoms with van der Waals surface area (Å²) in [6.45, 7) is 1.69. The quantitative estimate of drug-likeness (QED) is 0.628. The highest BCUT2D eigenvalue weighted by Crippen LogP contribution is 2.30. The Morgan fingerprint density at radius 3 is 2.52 bits per heavy atom. The van der Waals surface area contributed by atoms with E-state index in [-0.39, 0.29) is 11.4 Å². The lowest BCUT2D eigenvalue weighted by atomic mass is 10.2. The molecule has 2 aromatic rings. The number of ketones is 1. The molecular weight excluding hydrogens is 335 g/mol. The number of carbonyl (C=O) groups excluding carboxylic acids is 1. The second-order valence-corrected chi connectivity index (χ2v) is 5.57. The normalized spacial score (nSPS) is 12.2. The van der Waals surface area contributed by atoms with Crippen LogP contribution in [0.15, 0.2) is 53.1 Å². The standard InChI is InChI=1S/C17H16F3N3O2/c1-11(22(2)3)9-15(25)16-14(24)7-8-23(21-16)13-6-4-5-12(10-13)17(18,19)20/h4-10H,1-3H3/b11-9+. The Morgan fingerprint density at radius 2 is 1.92 bits per heavy atom. The van der Waals surface area contributed by atoms with Crippen LogP contribution < -0.4 is 5.43 Å². The van der Waals surface area contributed by atoms with Crippen LogP contribution in [0.25, 0.3) is 5.69 Å². The molecule has 2 rings (SSSR count). The van der Waals surface area contributed by atoms with Crippen LogP contribution in [0.1, 0.15) is 23.0 Å². The average Bonchev–Trinajstić information content (AvgIpc) is 2.54. The highest BCUT2D eigenvalue weighted by atomic mass is 19.4. The third-order valence-corrected chi connectivity index (χ3v) is 3.53. The Morgan fingerprint density at radius 1 is 1.24 bits per heavy atom. The van der Waals surface area contributed by atoms with Crippen LogP contribution >= 0.6 is 0 Å². The van der Waals surface area contributed by atoms with Crippen LogP contribution in [0.3, 0.4) is 0 Å². The fourth-order valence-electron chi connectivity index (χ4n) is 1.93. The van der Waals surface area contributed by atoms with Gasteiger partial charge in [0.25, 0.3) is 0 Å². The first-order valence-corrected chi connectivity index (χ1v) is 7.27. The largest absolute Gasteiger partial charge is 0.416 e. The van der Waals surface area contributed by atoms with Crippen molar-refractivity contribution in [3.63, 3.8) is 0 Å². The van der Waals surface area contributed by atoms with Gasteiger partial charge in [-0.1, -0.05) is 6.07 Å². The summed E-state index contributed by atoms with van der Waals surface area (Å²) in [5, 5.41) is 3.90. The molecule has 0 saturated heterocycles. The number of aromatic nitrogens is 2. The molecule has 25 heavy (non-hydrogen) atoms. The Kier molecular flexibility index (Phi) is 5.10. The fourth-order valence-corrected chi connectivity index (χ4v) is 1.93. The van der Waals surface area contributed by atoms with E-state index >= 15 is 0 Å². The minimum Gasteiger partial charge on any atom is -0.381 e. The lowest BCUT2D eigenvalue weighted by molar-refractivity contribution is -0.137. The molecule has 5 nitrogen and oxygen atoms in total. The first-order chi connectivity index (χ1) is 11.6. The molecule has 0 N–H and O–H groups in total. The maximum atomic E-state index is 12.8. The van der Waals surface area contributed by atoms with Gasteiger partial charge in [-0.3, -0.25) is 9.59 Å². The number of carbonyl (C=O) groups is 1.